The number of carboxylic acids is 1. The van der Waals surface area contributed by atoms with Crippen molar-refractivity contribution in [2.75, 3.05) is 13.2 Å². The van der Waals surface area contributed by atoms with E-state index in [0.717, 1.165) is 5.56 Å². The zero-order valence-electron chi connectivity index (χ0n) is 13.3. The summed E-state index contributed by atoms with van der Waals surface area (Å²) in [5.74, 6) is -2.40. The van der Waals surface area contributed by atoms with Gasteiger partial charge in [-0.3, -0.25) is 9.59 Å². The Labute approximate surface area is 135 Å². The summed E-state index contributed by atoms with van der Waals surface area (Å²) in [6, 6.07) is 9.54. The predicted octanol–water partition coefficient (Wildman–Crippen LogP) is 2.39. The van der Waals surface area contributed by atoms with Crippen LogP contribution < -0.4 is 0 Å². The zero-order valence-corrected chi connectivity index (χ0v) is 13.3. The fourth-order valence-corrected chi connectivity index (χ4v) is 2.36. The van der Waals surface area contributed by atoms with Gasteiger partial charge >= 0.3 is 11.9 Å². The van der Waals surface area contributed by atoms with Crippen LogP contribution in [0.5, 0.6) is 0 Å². The van der Waals surface area contributed by atoms with E-state index in [9.17, 15) is 9.59 Å². The summed E-state index contributed by atoms with van der Waals surface area (Å²) >= 11 is 0. The van der Waals surface area contributed by atoms with Crippen LogP contribution >= 0.6 is 0 Å². The predicted molar refractivity (Wildman–Crippen MR) is 81.5 cm³/mol. The van der Waals surface area contributed by atoms with Crippen LogP contribution in [0.15, 0.2) is 30.3 Å². The quantitative estimate of drug-likeness (QED) is 0.810. The van der Waals surface area contributed by atoms with Gasteiger partial charge in [-0.2, -0.15) is 0 Å². The summed E-state index contributed by atoms with van der Waals surface area (Å²) in [6.07, 6.45) is -0.671. The number of rotatable bonds is 6. The van der Waals surface area contributed by atoms with Gasteiger partial charge in [0, 0.05) is 5.56 Å². The first-order chi connectivity index (χ1) is 11.0. The zero-order chi connectivity index (χ0) is 16.8. The fraction of sp³-hybridized carbons (Fsp3) is 0.529. The van der Waals surface area contributed by atoms with Crippen molar-refractivity contribution in [2.24, 2.45) is 11.8 Å². The van der Waals surface area contributed by atoms with Crippen LogP contribution in [0.25, 0.3) is 0 Å². The molecule has 2 unspecified atom stereocenters. The van der Waals surface area contributed by atoms with Crippen LogP contribution in [-0.2, 0) is 23.8 Å². The van der Waals surface area contributed by atoms with E-state index in [1.807, 2.05) is 30.3 Å². The van der Waals surface area contributed by atoms with Gasteiger partial charge in [0.05, 0.1) is 25.0 Å². The highest BCUT2D eigenvalue weighted by Gasteiger charge is 2.28. The Balaban J connectivity index is 1.77. The van der Waals surface area contributed by atoms with E-state index in [2.05, 4.69) is 0 Å². The number of hydrogen-bond acceptors (Lipinski definition) is 5. The lowest BCUT2D eigenvalue weighted by molar-refractivity contribution is -0.231. The van der Waals surface area contributed by atoms with E-state index in [1.54, 1.807) is 13.8 Å². The molecule has 23 heavy (non-hydrogen) atoms. The molecule has 1 fully saturated rings. The fourth-order valence-electron chi connectivity index (χ4n) is 2.36. The highest BCUT2D eigenvalue weighted by molar-refractivity contribution is 5.74. The van der Waals surface area contributed by atoms with E-state index in [-0.39, 0.29) is 19.6 Å². The summed E-state index contributed by atoms with van der Waals surface area (Å²) in [5.41, 5.74) is 0.918. The molecule has 0 spiro atoms. The average Bonchev–Trinajstić information content (AvgIpc) is 2.56. The van der Waals surface area contributed by atoms with E-state index < -0.39 is 36.2 Å². The molecule has 0 radical (unpaired) electrons. The number of benzene rings is 1. The molecule has 1 aromatic carbocycles. The number of carboxylic acid groups (broad SMARTS) is 1. The second-order valence-electron chi connectivity index (χ2n) is 5.84. The van der Waals surface area contributed by atoms with Gasteiger partial charge in [0.25, 0.3) is 0 Å². The number of esters is 1. The maximum Gasteiger partial charge on any atom is 0.309 e. The number of hydrogen-bond donors (Lipinski definition) is 1. The molecule has 2 rings (SSSR count). The maximum atomic E-state index is 12.0. The number of aliphatic carboxylic acids is 1. The van der Waals surface area contributed by atoms with Crippen molar-refractivity contribution in [3.05, 3.63) is 35.9 Å². The van der Waals surface area contributed by atoms with Gasteiger partial charge in [-0.15, -0.1) is 0 Å². The van der Waals surface area contributed by atoms with E-state index in [4.69, 9.17) is 19.3 Å². The Kier molecular flexibility index (Phi) is 6.12. The minimum absolute atomic E-state index is 0.245. The lowest BCUT2D eigenvalue weighted by Crippen LogP contribution is -2.36. The van der Waals surface area contributed by atoms with Gasteiger partial charge in [0.2, 0.25) is 0 Å². The molecule has 1 heterocycles. The molecule has 1 N–H and O–H groups in total. The van der Waals surface area contributed by atoms with E-state index >= 15 is 0 Å². The van der Waals surface area contributed by atoms with Crippen LogP contribution in [-0.4, -0.2) is 36.4 Å². The minimum atomic E-state index is -0.917. The second-order valence-corrected chi connectivity index (χ2v) is 5.84. The summed E-state index contributed by atoms with van der Waals surface area (Å²) in [4.78, 5) is 22.8. The number of carbonyl (C=O) groups is 2. The SMILES string of the molecule is CC(CC(C)C(=O)OC1COC(c2ccccc2)OC1)C(=O)O. The molecular formula is C17H22O6. The van der Waals surface area contributed by atoms with Crippen molar-refractivity contribution >= 4 is 11.9 Å². The molecule has 2 atom stereocenters. The van der Waals surface area contributed by atoms with Gasteiger partial charge in [-0.25, -0.2) is 0 Å². The first-order valence-corrected chi connectivity index (χ1v) is 7.68. The molecule has 6 nitrogen and oxygen atoms in total. The molecule has 0 amide bonds. The average molecular weight is 322 g/mol. The Morgan fingerprint density at radius 2 is 1.78 bits per heavy atom. The van der Waals surface area contributed by atoms with E-state index in [1.165, 1.54) is 0 Å². The molecule has 0 bridgehead atoms. The van der Waals surface area contributed by atoms with E-state index in [0.29, 0.717) is 0 Å². The Morgan fingerprint density at radius 1 is 1.17 bits per heavy atom. The smallest absolute Gasteiger partial charge is 0.309 e. The first-order valence-electron chi connectivity index (χ1n) is 7.68. The third-order valence-corrected chi connectivity index (χ3v) is 3.75. The van der Waals surface area contributed by atoms with Gasteiger partial charge in [-0.1, -0.05) is 44.2 Å². The maximum absolute atomic E-state index is 12.0. The highest BCUT2D eigenvalue weighted by Crippen LogP contribution is 2.24. The standard InChI is InChI=1S/C17H22O6/c1-11(15(18)19)8-12(2)16(20)23-14-9-21-17(22-10-14)13-6-4-3-5-7-13/h3-7,11-12,14,17H,8-10H2,1-2H3,(H,18,19). The molecule has 1 aliphatic rings. The van der Waals surface area contributed by atoms with Gasteiger partial charge < -0.3 is 19.3 Å². The molecule has 1 aromatic rings. The van der Waals surface area contributed by atoms with Crippen molar-refractivity contribution in [3.8, 4) is 0 Å². The van der Waals surface area contributed by atoms with Crippen molar-refractivity contribution in [3.63, 3.8) is 0 Å². The van der Waals surface area contributed by atoms with Crippen LogP contribution in [0.3, 0.4) is 0 Å². The largest absolute Gasteiger partial charge is 0.481 e. The first kappa shape index (κ1) is 17.4. The number of carbonyl (C=O) groups excluding carboxylic acids is 1. The molecule has 0 aliphatic carbocycles. The third kappa shape index (κ3) is 5.04. The van der Waals surface area contributed by atoms with Gasteiger partial charge in [0.1, 0.15) is 6.10 Å². The Hall–Kier alpha value is -1.92. The monoisotopic (exact) mass is 322 g/mol. The van der Waals surface area contributed by atoms with Crippen LogP contribution in [0.2, 0.25) is 0 Å². The summed E-state index contributed by atoms with van der Waals surface area (Å²) in [7, 11) is 0. The Morgan fingerprint density at radius 3 is 2.35 bits per heavy atom. The molecule has 1 aliphatic heterocycles. The van der Waals surface area contributed by atoms with Crippen LogP contribution in [0.4, 0.5) is 0 Å². The van der Waals surface area contributed by atoms with Gasteiger partial charge in [-0.05, 0) is 6.42 Å². The van der Waals surface area contributed by atoms with Crippen molar-refractivity contribution < 1.29 is 28.9 Å². The highest BCUT2D eigenvalue weighted by atomic mass is 16.7. The van der Waals surface area contributed by atoms with Crippen molar-refractivity contribution in [2.45, 2.75) is 32.7 Å². The molecule has 0 aromatic heterocycles. The van der Waals surface area contributed by atoms with Crippen LogP contribution in [0, 0.1) is 11.8 Å². The lowest BCUT2D eigenvalue weighted by Gasteiger charge is -2.30. The normalized spacial score (nSPS) is 23.7. The molecule has 6 heteroatoms. The topological polar surface area (TPSA) is 82.1 Å². The van der Waals surface area contributed by atoms with Crippen molar-refractivity contribution in [1.29, 1.82) is 0 Å². The molecule has 126 valence electrons. The van der Waals surface area contributed by atoms with Crippen molar-refractivity contribution in [1.82, 2.24) is 0 Å². The molecule has 1 saturated heterocycles. The third-order valence-electron chi connectivity index (χ3n) is 3.75. The van der Waals surface area contributed by atoms with Gasteiger partial charge in [0.15, 0.2) is 6.29 Å². The second kappa shape index (κ2) is 8.08. The number of ether oxygens (including phenoxy) is 3. The van der Waals surface area contributed by atoms with Crippen LogP contribution in [0.1, 0.15) is 32.1 Å². The lowest BCUT2D eigenvalue weighted by atomic mass is 9.97. The summed E-state index contributed by atoms with van der Waals surface area (Å²) in [6.45, 7) is 3.75. The molecular weight excluding hydrogens is 300 g/mol. The Bertz CT molecular complexity index is 521. The minimum Gasteiger partial charge on any atom is -0.481 e. The molecule has 0 saturated carbocycles. The summed E-state index contributed by atoms with van der Waals surface area (Å²) in [5, 5.41) is 8.88. The summed E-state index contributed by atoms with van der Waals surface area (Å²) < 4.78 is 16.5.